The molecule has 2 heteroatoms. The van der Waals surface area contributed by atoms with Crippen molar-refractivity contribution in [2.45, 2.75) is 5.82 Å². The van der Waals surface area contributed by atoms with Crippen LogP contribution in [0.3, 0.4) is 0 Å². The molecule has 0 spiro atoms. The second-order valence-electron chi connectivity index (χ2n) is 2.06. The van der Waals surface area contributed by atoms with E-state index in [9.17, 15) is 0 Å². The van der Waals surface area contributed by atoms with Gasteiger partial charge in [-0.05, 0) is 0 Å². The summed E-state index contributed by atoms with van der Waals surface area (Å²) in [6.07, 6.45) is 2.17. The van der Waals surface area contributed by atoms with Gasteiger partial charge in [0.15, 0.2) is 0 Å². The van der Waals surface area contributed by atoms with E-state index in [-0.39, 0.29) is 0 Å². The first-order chi connectivity index (χ1) is 5.33. The van der Waals surface area contributed by atoms with Crippen molar-refractivity contribution in [1.29, 1.82) is 0 Å². The second-order valence-corrected chi connectivity index (χ2v) is 5.88. The van der Waals surface area contributed by atoms with E-state index in [2.05, 4.69) is 52.1 Å². The van der Waals surface area contributed by atoms with Crippen LogP contribution >= 0.6 is 15.9 Å². The summed E-state index contributed by atoms with van der Waals surface area (Å²) in [5, 5.41) is 0. The molecule has 0 fully saturated rings. The van der Waals surface area contributed by atoms with Crippen molar-refractivity contribution in [3.05, 3.63) is 39.3 Å². The van der Waals surface area contributed by atoms with Crippen LogP contribution in [0, 0.1) is 0 Å². The topological polar surface area (TPSA) is 0 Å². The molecular weight excluding hydrogens is 267 g/mol. The van der Waals surface area contributed by atoms with Crippen molar-refractivity contribution in [3.8, 4) is 0 Å². The minimum atomic E-state index is 0.565. The van der Waals surface area contributed by atoms with Gasteiger partial charge in [0.05, 0.1) is 0 Å². The fourth-order valence-electron chi connectivity index (χ4n) is 0.739. The Morgan fingerprint density at radius 1 is 1.36 bits per heavy atom. The SMILES string of the molecule is C[Se]/C(Br)=C\c1ccccc1. The van der Waals surface area contributed by atoms with Gasteiger partial charge in [0.2, 0.25) is 0 Å². The summed E-state index contributed by atoms with van der Waals surface area (Å²) < 4.78 is 1.30. The molecule has 0 amide bonds. The summed E-state index contributed by atoms with van der Waals surface area (Å²) >= 11 is 4.07. The maximum absolute atomic E-state index is 3.50. The summed E-state index contributed by atoms with van der Waals surface area (Å²) in [4.78, 5) is 0. The molecule has 0 nitrogen and oxygen atoms in total. The molecule has 0 aliphatic heterocycles. The van der Waals surface area contributed by atoms with Crippen LogP contribution in [0.25, 0.3) is 6.08 Å². The van der Waals surface area contributed by atoms with Gasteiger partial charge in [-0.25, -0.2) is 0 Å². The summed E-state index contributed by atoms with van der Waals surface area (Å²) in [5.41, 5.74) is 1.27. The molecule has 0 bridgehead atoms. The molecule has 1 aromatic rings. The van der Waals surface area contributed by atoms with Crippen LogP contribution in [0.5, 0.6) is 0 Å². The summed E-state index contributed by atoms with van der Waals surface area (Å²) in [5.74, 6) is 2.19. The quantitative estimate of drug-likeness (QED) is 0.728. The molecule has 58 valence electrons. The average Bonchev–Trinajstić information content (AvgIpc) is 2.06. The van der Waals surface area contributed by atoms with Gasteiger partial charge in [0.25, 0.3) is 0 Å². The predicted molar refractivity (Wildman–Crippen MR) is 55.0 cm³/mol. The number of hydrogen-bond donors (Lipinski definition) is 0. The monoisotopic (exact) mass is 276 g/mol. The first-order valence-corrected chi connectivity index (χ1v) is 6.65. The molecule has 1 rings (SSSR count). The Hall–Kier alpha value is -0.0405. The van der Waals surface area contributed by atoms with Crippen LogP contribution in [-0.4, -0.2) is 15.0 Å². The third-order valence-electron chi connectivity index (χ3n) is 1.27. The van der Waals surface area contributed by atoms with Crippen molar-refractivity contribution in [2.75, 3.05) is 0 Å². The van der Waals surface area contributed by atoms with E-state index >= 15 is 0 Å². The third kappa shape index (κ3) is 3.24. The van der Waals surface area contributed by atoms with Crippen molar-refractivity contribution in [1.82, 2.24) is 0 Å². The third-order valence-corrected chi connectivity index (χ3v) is 4.25. The zero-order valence-electron chi connectivity index (χ0n) is 6.25. The molecule has 0 heterocycles. The molecular formula is C9H9BrSe. The Morgan fingerprint density at radius 2 is 2.00 bits per heavy atom. The van der Waals surface area contributed by atoms with E-state index in [1.807, 2.05) is 6.07 Å². The van der Waals surface area contributed by atoms with E-state index < -0.39 is 0 Å². The summed E-state index contributed by atoms with van der Waals surface area (Å²) in [6, 6.07) is 10.3. The van der Waals surface area contributed by atoms with Gasteiger partial charge in [-0.3, -0.25) is 0 Å². The van der Waals surface area contributed by atoms with Gasteiger partial charge in [0.1, 0.15) is 0 Å². The Labute approximate surface area is 82.0 Å². The van der Waals surface area contributed by atoms with Gasteiger partial charge in [-0.2, -0.15) is 0 Å². The van der Waals surface area contributed by atoms with Crippen LogP contribution in [0.4, 0.5) is 0 Å². The van der Waals surface area contributed by atoms with Crippen LogP contribution < -0.4 is 0 Å². The van der Waals surface area contributed by atoms with Crippen LogP contribution in [-0.2, 0) is 0 Å². The van der Waals surface area contributed by atoms with Gasteiger partial charge < -0.3 is 0 Å². The minimum absolute atomic E-state index is 0.565. The molecule has 0 atom stereocenters. The molecule has 0 aliphatic rings. The Morgan fingerprint density at radius 3 is 2.55 bits per heavy atom. The van der Waals surface area contributed by atoms with Gasteiger partial charge in [-0.15, -0.1) is 0 Å². The Balaban J connectivity index is 2.79. The Kier molecular flexibility index (Phi) is 3.92. The predicted octanol–water partition coefficient (Wildman–Crippen LogP) is 3.13. The van der Waals surface area contributed by atoms with Gasteiger partial charge >= 0.3 is 82.1 Å². The van der Waals surface area contributed by atoms with Crippen molar-refractivity contribution < 1.29 is 0 Å². The number of hydrogen-bond acceptors (Lipinski definition) is 0. The van der Waals surface area contributed by atoms with Crippen molar-refractivity contribution in [3.63, 3.8) is 0 Å². The Bertz CT molecular complexity index is 241. The van der Waals surface area contributed by atoms with E-state index in [1.54, 1.807) is 0 Å². The van der Waals surface area contributed by atoms with Crippen LogP contribution in [0.15, 0.2) is 33.7 Å². The van der Waals surface area contributed by atoms with Gasteiger partial charge in [0, 0.05) is 0 Å². The fourth-order valence-corrected chi connectivity index (χ4v) is 1.54. The van der Waals surface area contributed by atoms with E-state index in [1.165, 1.54) is 8.94 Å². The molecule has 0 saturated carbocycles. The van der Waals surface area contributed by atoms with Crippen molar-refractivity contribution >= 4 is 37.0 Å². The summed E-state index contributed by atoms with van der Waals surface area (Å²) in [7, 11) is 0. The first-order valence-electron chi connectivity index (χ1n) is 3.29. The first kappa shape index (κ1) is 9.05. The number of benzene rings is 1. The summed E-state index contributed by atoms with van der Waals surface area (Å²) in [6.45, 7) is 0. The standard InChI is InChI=1S/C9H9BrSe/c1-11-9(10)7-8-5-3-2-4-6-8/h2-7H,1H3/b9-7-. The van der Waals surface area contributed by atoms with E-state index in [4.69, 9.17) is 0 Å². The zero-order chi connectivity index (χ0) is 8.10. The molecule has 0 aliphatic carbocycles. The molecule has 0 saturated heterocycles. The van der Waals surface area contributed by atoms with Gasteiger partial charge in [-0.1, -0.05) is 0 Å². The normalized spacial score (nSPS) is 11.6. The maximum atomic E-state index is 3.50. The molecule has 0 N–H and O–H groups in total. The average molecular weight is 276 g/mol. The van der Waals surface area contributed by atoms with E-state index in [0.717, 1.165) is 0 Å². The molecule has 0 aromatic heterocycles. The van der Waals surface area contributed by atoms with Crippen LogP contribution in [0.1, 0.15) is 5.56 Å². The number of rotatable bonds is 2. The second kappa shape index (κ2) is 4.76. The number of halogens is 1. The molecule has 0 radical (unpaired) electrons. The van der Waals surface area contributed by atoms with Crippen LogP contribution in [0.2, 0.25) is 5.82 Å². The van der Waals surface area contributed by atoms with E-state index in [0.29, 0.717) is 15.0 Å². The molecule has 11 heavy (non-hydrogen) atoms. The van der Waals surface area contributed by atoms with Crippen molar-refractivity contribution in [2.24, 2.45) is 0 Å². The molecule has 0 unspecified atom stereocenters. The molecule has 1 aromatic carbocycles. The zero-order valence-corrected chi connectivity index (χ0v) is 9.55. The fraction of sp³-hybridized carbons (Fsp3) is 0.111.